The molecule has 9 nitrogen and oxygen atoms in total. The fourth-order valence-electron chi connectivity index (χ4n) is 4.83. The molecule has 0 fully saturated rings. The molecule has 1 aromatic heterocycles. The lowest BCUT2D eigenvalue weighted by atomic mass is 9.79. The number of rotatable bonds is 7. The van der Waals surface area contributed by atoms with E-state index in [2.05, 4.69) is 15.4 Å². The largest absolute Gasteiger partial charge is 0.493 e. The molecular formula is C28H27N5O4. The fourth-order valence-corrected chi connectivity index (χ4v) is 4.83. The number of nitrogens with zero attached hydrogens (tertiary/aromatic N) is 4. The van der Waals surface area contributed by atoms with Crippen molar-refractivity contribution in [2.45, 2.75) is 18.5 Å². The summed E-state index contributed by atoms with van der Waals surface area (Å²) in [6.45, 7) is 0.582. The molecule has 188 valence electrons. The standard InChI is InChI=1S/C28H27N5O4/c1-32-26(19-10-13-23(36-2)24(14-19)37-3)25(21-6-4-5-7-22(21)28(32)35)27(34)31-20-11-8-18(9-12-20)15-33-17-29-16-30-33/h4-14,16-17,25-26H,15H2,1-3H3,(H,31,34)/t25-,26+/m1/s1. The maximum Gasteiger partial charge on any atom is 0.254 e. The number of likely N-dealkylation sites (N-methyl/N-ethyl adjacent to an activating group) is 1. The predicted molar refractivity (Wildman–Crippen MR) is 138 cm³/mol. The van der Waals surface area contributed by atoms with E-state index in [1.165, 1.54) is 6.33 Å². The number of hydrogen-bond acceptors (Lipinski definition) is 6. The summed E-state index contributed by atoms with van der Waals surface area (Å²) in [6, 6.07) is 19.8. The number of carbonyl (C=O) groups is 2. The number of methoxy groups -OCH3 is 2. The third kappa shape index (κ3) is 4.63. The number of carbonyl (C=O) groups excluding carboxylic acids is 2. The lowest BCUT2D eigenvalue weighted by Gasteiger charge is -2.40. The van der Waals surface area contributed by atoms with E-state index in [9.17, 15) is 9.59 Å². The van der Waals surface area contributed by atoms with Crippen LogP contribution in [0.2, 0.25) is 0 Å². The Balaban J connectivity index is 1.49. The van der Waals surface area contributed by atoms with Crippen LogP contribution in [-0.2, 0) is 11.3 Å². The summed E-state index contributed by atoms with van der Waals surface area (Å²) in [4.78, 5) is 32.7. The highest BCUT2D eigenvalue weighted by Crippen LogP contribution is 2.44. The zero-order valence-electron chi connectivity index (χ0n) is 20.8. The topological polar surface area (TPSA) is 98.6 Å². The molecule has 0 bridgehead atoms. The molecule has 2 atom stereocenters. The molecule has 2 heterocycles. The van der Waals surface area contributed by atoms with Crippen molar-refractivity contribution in [2.75, 3.05) is 26.6 Å². The number of aromatic nitrogens is 3. The van der Waals surface area contributed by atoms with Crippen LogP contribution in [-0.4, -0.2) is 52.7 Å². The maximum atomic E-state index is 13.9. The lowest BCUT2D eigenvalue weighted by Crippen LogP contribution is -2.44. The van der Waals surface area contributed by atoms with Crippen LogP contribution in [0.15, 0.2) is 79.4 Å². The SMILES string of the molecule is COc1ccc([C@H]2[C@H](C(=O)Nc3ccc(Cn4cncn4)cc3)c3ccccc3C(=O)N2C)cc1OC. The minimum Gasteiger partial charge on any atom is -0.493 e. The molecule has 0 aliphatic carbocycles. The minimum atomic E-state index is -0.646. The average Bonchev–Trinajstić information content (AvgIpc) is 3.44. The van der Waals surface area contributed by atoms with Gasteiger partial charge in [0, 0.05) is 18.3 Å². The molecule has 1 aliphatic rings. The first-order valence-corrected chi connectivity index (χ1v) is 11.8. The van der Waals surface area contributed by atoms with E-state index in [0.717, 1.165) is 11.1 Å². The number of ether oxygens (including phenoxy) is 2. The Morgan fingerprint density at radius 3 is 2.46 bits per heavy atom. The van der Waals surface area contributed by atoms with Crippen LogP contribution in [0.4, 0.5) is 5.69 Å². The minimum absolute atomic E-state index is 0.142. The van der Waals surface area contributed by atoms with Crippen LogP contribution < -0.4 is 14.8 Å². The van der Waals surface area contributed by atoms with E-state index in [-0.39, 0.29) is 11.8 Å². The molecule has 37 heavy (non-hydrogen) atoms. The summed E-state index contributed by atoms with van der Waals surface area (Å²) >= 11 is 0. The van der Waals surface area contributed by atoms with Crippen LogP contribution in [0.3, 0.4) is 0 Å². The Labute approximate surface area is 214 Å². The number of benzene rings is 3. The molecule has 3 aromatic carbocycles. The van der Waals surface area contributed by atoms with E-state index >= 15 is 0 Å². The van der Waals surface area contributed by atoms with Gasteiger partial charge in [0.05, 0.1) is 32.7 Å². The summed E-state index contributed by atoms with van der Waals surface area (Å²) in [5.74, 6) is 0.101. The summed E-state index contributed by atoms with van der Waals surface area (Å²) in [5.41, 5.74) is 3.66. The highest BCUT2D eigenvalue weighted by atomic mass is 16.5. The van der Waals surface area contributed by atoms with Crippen LogP contribution in [0.5, 0.6) is 11.5 Å². The molecule has 5 rings (SSSR count). The van der Waals surface area contributed by atoms with Gasteiger partial charge in [-0.3, -0.25) is 9.59 Å². The molecule has 4 aromatic rings. The lowest BCUT2D eigenvalue weighted by molar-refractivity contribution is -0.119. The molecule has 9 heteroatoms. The highest BCUT2D eigenvalue weighted by Gasteiger charge is 2.42. The molecule has 0 spiro atoms. The van der Waals surface area contributed by atoms with Crippen molar-refractivity contribution in [3.63, 3.8) is 0 Å². The van der Waals surface area contributed by atoms with Gasteiger partial charge in [-0.2, -0.15) is 5.10 Å². The van der Waals surface area contributed by atoms with Gasteiger partial charge < -0.3 is 19.7 Å². The zero-order valence-corrected chi connectivity index (χ0v) is 20.8. The van der Waals surface area contributed by atoms with Gasteiger partial charge in [0.1, 0.15) is 12.7 Å². The van der Waals surface area contributed by atoms with Gasteiger partial charge in [-0.25, -0.2) is 9.67 Å². The Kier molecular flexibility index (Phi) is 6.59. The van der Waals surface area contributed by atoms with E-state index < -0.39 is 12.0 Å². The molecule has 0 saturated carbocycles. The molecule has 0 saturated heterocycles. The average molecular weight is 498 g/mol. The number of fused-ring (bicyclic) bond motifs is 1. The smallest absolute Gasteiger partial charge is 0.254 e. The van der Waals surface area contributed by atoms with E-state index in [4.69, 9.17) is 9.47 Å². The first-order valence-electron chi connectivity index (χ1n) is 11.8. The number of amides is 2. The molecule has 0 radical (unpaired) electrons. The van der Waals surface area contributed by atoms with Crippen LogP contribution in [0, 0.1) is 0 Å². The van der Waals surface area contributed by atoms with Gasteiger partial charge in [-0.05, 0) is 47.0 Å². The second-order valence-electron chi connectivity index (χ2n) is 8.82. The van der Waals surface area contributed by atoms with Crippen molar-refractivity contribution in [1.29, 1.82) is 0 Å². The van der Waals surface area contributed by atoms with Crippen molar-refractivity contribution in [1.82, 2.24) is 19.7 Å². The zero-order chi connectivity index (χ0) is 25.9. The summed E-state index contributed by atoms with van der Waals surface area (Å²) in [5, 5.41) is 7.18. The van der Waals surface area contributed by atoms with Gasteiger partial charge in [0.25, 0.3) is 5.91 Å². The Morgan fingerprint density at radius 1 is 1.00 bits per heavy atom. The Hall–Kier alpha value is -4.66. The second kappa shape index (κ2) is 10.1. The highest BCUT2D eigenvalue weighted by molar-refractivity contribution is 6.04. The first-order chi connectivity index (χ1) is 18.0. The van der Waals surface area contributed by atoms with Crippen LogP contribution in [0.1, 0.15) is 39.0 Å². The van der Waals surface area contributed by atoms with E-state index in [1.54, 1.807) is 49.3 Å². The summed E-state index contributed by atoms with van der Waals surface area (Å²) < 4.78 is 12.6. The third-order valence-electron chi connectivity index (χ3n) is 6.64. The number of hydrogen-bond donors (Lipinski definition) is 1. The summed E-state index contributed by atoms with van der Waals surface area (Å²) in [7, 11) is 4.85. The van der Waals surface area contributed by atoms with E-state index in [0.29, 0.717) is 34.9 Å². The second-order valence-corrected chi connectivity index (χ2v) is 8.82. The fraction of sp³-hybridized carbons (Fsp3) is 0.214. The van der Waals surface area contributed by atoms with Crippen molar-refractivity contribution in [2.24, 2.45) is 0 Å². The third-order valence-corrected chi connectivity index (χ3v) is 6.64. The van der Waals surface area contributed by atoms with Crippen LogP contribution >= 0.6 is 0 Å². The molecule has 1 N–H and O–H groups in total. The van der Waals surface area contributed by atoms with Gasteiger partial charge in [0.15, 0.2) is 11.5 Å². The van der Waals surface area contributed by atoms with Crippen LogP contribution in [0.25, 0.3) is 0 Å². The molecule has 1 aliphatic heterocycles. The summed E-state index contributed by atoms with van der Waals surface area (Å²) in [6.07, 6.45) is 3.15. The van der Waals surface area contributed by atoms with Gasteiger partial charge >= 0.3 is 0 Å². The van der Waals surface area contributed by atoms with Crippen molar-refractivity contribution >= 4 is 17.5 Å². The normalized spacial score (nSPS) is 16.7. The van der Waals surface area contributed by atoms with E-state index in [1.807, 2.05) is 54.6 Å². The quantitative estimate of drug-likeness (QED) is 0.416. The Bertz CT molecular complexity index is 1420. The van der Waals surface area contributed by atoms with Gasteiger partial charge in [0.2, 0.25) is 5.91 Å². The van der Waals surface area contributed by atoms with Gasteiger partial charge in [-0.1, -0.05) is 36.4 Å². The molecule has 2 amide bonds. The number of anilines is 1. The van der Waals surface area contributed by atoms with Crippen molar-refractivity contribution < 1.29 is 19.1 Å². The molecular weight excluding hydrogens is 470 g/mol. The maximum absolute atomic E-state index is 13.9. The predicted octanol–water partition coefficient (Wildman–Crippen LogP) is 3.89. The molecule has 0 unspecified atom stereocenters. The van der Waals surface area contributed by atoms with Crippen molar-refractivity contribution in [3.05, 3.63) is 102 Å². The van der Waals surface area contributed by atoms with Crippen molar-refractivity contribution in [3.8, 4) is 11.5 Å². The number of nitrogens with one attached hydrogen (secondary N) is 1. The monoisotopic (exact) mass is 497 g/mol. The first kappa shape index (κ1) is 24.1. The van der Waals surface area contributed by atoms with Gasteiger partial charge in [-0.15, -0.1) is 0 Å². The Morgan fingerprint density at radius 2 is 1.76 bits per heavy atom.